The van der Waals surface area contributed by atoms with Gasteiger partial charge in [0, 0.05) is 22.7 Å². The van der Waals surface area contributed by atoms with E-state index in [1.165, 1.54) is 28.8 Å². The lowest BCUT2D eigenvalue weighted by Crippen LogP contribution is -2.14. The van der Waals surface area contributed by atoms with Gasteiger partial charge in [0.05, 0.1) is 10.6 Å². The molecule has 0 N–H and O–H groups in total. The minimum absolute atomic E-state index is 0.00208. The molecule has 2 rings (SSSR count). The summed E-state index contributed by atoms with van der Waals surface area (Å²) in [4.78, 5) is 24.0. The Morgan fingerprint density at radius 2 is 1.80 bits per heavy atom. The summed E-state index contributed by atoms with van der Waals surface area (Å²) in [6, 6.07) is 13.4. The second kappa shape index (κ2) is 6.21. The highest BCUT2D eigenvalue weighted by atomic mass is 32.2. The highest BCUT2D eigenvalue weighted by Crippen LogP contribution is 2.33. The largest absolute Gasteiger partial charge is 0.283 e. The molecule has 5 nitrogen and oxygen atoms in total. The number of hydrogen-bond donors (Lipinski definition) is 0. The molecule has 0 heterocycles. The molecule has 0 bridgehead atoms. The Morgan fingerprint density at radius 1 is 1.15 bits per heavy atom. The average Bonchev–Trinajstić information content (AvgIpc) is 2.49. The summed E-state index contributed by atoms with van der Waals surface area (Å²) >= 11 is 1.53. The predicted octanol–water partition coefficient (Wildman–Crippen LogP) is 3.61. The summed E-state index contributed by atoms with van der Waals surface area (Å²) in [5.74, 6) is 0. The van der Waals surface area contributed by atoms with Crippen LogP contribution in [0.25, 0.3) is 0 Å². The Kier molecular flexibility index (Phi) is 4.37. The molecule has 0 saturated carbocycles. The number of carbonyl (C=O) groups excluding carboxylic acids is 1. The number of anilines is 2. The van der Waals surface area contributed by atoms with Gasteiger partial charge in [0.1, 0.15) is 0 Å². The minimum atomic E-state index is -0.467. The number of nitrogens with zero attached hydrogens (tertiary/aromatic N) is 2. The van der Waals surface area contributed by atoms with E-state index in [4.69, 9.17) is 0 Å². The summed E-state index contributed by atoms with van der Waals surface area (Å²) in [6.45, 7) is 0. The molecule has 1 amide bonds. The number of thioether (sulfide) groups is 1. The highest BCUT2D eigenvalue weighted by Gasteiger charge is 2.13. The van der Waals surface area contributed by atoms with Crippen molar-refractivity contribution in [2.45, 2.75) is 4.90 Å². The van der Waals surface area contributed by atoms with Crippen molar-refractivity contribution in [3.63, 3.8) is 0 Å². The summed E-state index contributed by atoms with van der Waals surface area (Å²) in [7, 11) is 0. The van der Waals surface area contributed by atoms with Crippen LogP contribution in [0.3, 0.4) is 0 Å². The maximum atomic E-state index is 11.4. The van der Waals surface area contributed by atoms with Crippen molar-refractivity contribution in [3.8, 4) is 0 Å². The Balaban J connectivity index is 2.41. The van der Waals surface area contributed by atoms with Crippen molar-refractivity contribution in [3.05, 3.63) is 58.6 Å². The molecule has 102 valence electrons. The van der Waals surface area contributed by atoms with Crippen LogP contribution in [0.1, 0.15) is 0 Å². The molecule has 0 aliphatic carbocycles. The number of carbonyl (C=O) groups is 1. The van der Waals surface area contributed by atoms with E-state index in [-0.39, 0.29) is 5.69 Å². The van der Waals surface area contributed by atoms with Gasteiger partial charge in [-0.3, -0.25) is 19.8 Å². The van der Waals surface area contributed by atoms with Crippen molar-refractivity contribution in [2.75, 3.05) is 11.2 Å². The standard InChI is InChI=1S/C14H12N2O3S/c1-20-14-5-3-2-4-13(14)15(10-17)11-6-8-12(9-7-11)16(18)19/h2-10H,1H3. The molecule has 2 aromatic carbocycles. The van der Waals surface area contributed by atoms with Gasteiger partial charge >= 0.3 is 0 Å². The van der Waals surface area contributed by atoms with Crippen LogP contribution in [0, 0.1) is 10.1 Å². The quantitative estimate of drug-likeness (QED) is 0.365. The van der Waals surface area contributed by atoms with Crippen LogP contribution >= 0.6 is 11.8 Å². The number of rotatable bonds is 5. The van der Waals surface area contributed by atoms with Gasteiger partial charge in [-0.1, -0.05) is 12.1 Å². The van der Waals surface area contributed by atoms with Crippen molar-refractivity contribution >= 4 is 35.2 Å². The van der Waals surface area contributed by atoms with Gasteiger partial charge in [-0.05, 0) is 30.5 Å². The van der Waals surface area contributed by atoms with Crippen molar-refractivity contribution in [1.82, 2.24) is 0 Å². The van der Waals surface area contributed by atoms with E-state index in [1.54, 1.807) is 12.1 Å². The van der Waals surface area contributed by atoms with Crippen molar-refractivity contribution in [1.29, 1.82) is 0 Å². The fourth-order valence-corrected chi connectivity index (χ4v) is 2.41. The highest BCUT2D eigenvalue weighted by molar-refractivity contribution is 7.98. The average molecular weight is 288 g/mol. The number of benzene rings is 2. The maximum absolute atomic E-state index is 11.4. The first kappa shape index (κ1) is 14.1. The Bertz CT molecular complexity index is 629. The van der Waals surface area contributed by atoms with E-state index in [1.807, 2.05) is 30.5 Å². The second-order valence-corrected chi connectivity index (χ2v) is 4.77. The van der Waals surface area contributed by atoms with Gasteiger partial charge in [0.15, 0.2) is 0 Å². The number of hydrogen-bond acceptors (Lipinski definition) is 4. The molecule has 0 saturated heterocycles. The molecule has 0 aromatic heterocycles. The van der Waals surface area contributed by atoms with E-state index in [0.717, 1.165) is 10.6 Å². The molecule has 20 heavy (non-hydrogen) atoms. The zero-order chi connectivity index (χ0) is 14.5. The van der Waals surface area contributed by atoms with Gasteiger partial charge in [-0.15, -0.1) is 11.8 Å². The first-order chi connectivity index (χ1) is 9.67. The second-order valence-electron chi connectivity index (χ2n) is 3.92. The summed E-state index contributed by atoms with van der Waals surface area (Å²) in [6.07, 6.45) is 2.63. The van der Waals surface area contributed by atoms with Gasteiger partial charge in [-0.2, -0.15) is 0 Å². The Morgan fingerprint density at radius 3 is 2.35 bits per heavy atom. The zero-order valence-corrected chi connectivity index (χ0v) is 11.5. The lowest BCUT2D eigenvalue weighted by Gasteiger charge is -2.19. The van der Waals surface area contributed by atoms with Crippen LogP contribution in [0.5, 0.6) is 0 Å². The fourth-order valence-electron chi connectivity index (χ4n) is 1.82. The van der Waals surface area contributed by atoms with E-state index < -0.39 is 4.92 Å². The van der Waals surface area contributed by atoms with E-state index in [2.05, 4.69) is 0 Å². The van der Waals surface area contributed by atoms with Gasteiger partial charge < -0.3 is 0 Å². The van der Waals surface area contributed by atoms with E-state index in [9.17, 15) is 14.9 Å². The van der Waals surface area contributed by atoms with Crippen LogP contribution in [0.2, 0.25) is 0 Å². The molecule has 0 atom stereocenters. The zero-order valence-electron chi connectivity index (χ0n) is 10.7. The van der Waals surface area contributed by atoms with Crippen LogP contribution in [0.15, 0.2) is 53.4 Å². The number of nitro benzene ring substituents is 1. The first-order valence-corrected chi connectivity index (χ1v) is 7.02. The number of nitro groups is 1. The summed E-state index contributed by atoms with van der Waals surface area (Å²) in [5, 5.41) is 10.6. The number of non-ortho nitro benzene ring substituents is 1. The molecule has 6 heteroatoms. The Labute approximate surface area is 120 Å². The molecule has 0 unspecified atom stereocenters. The van der Waals surface area contributed by atoms with Crippen LogP contribution in [0.4, 0.5) is 17.1 Å². The number of amides is 1. The SMILES string of the molecule is CSc1ccccc1N(C=O)c1ccc([N+](=O)[O-])cc1. The molecule has 0 fully saturated rings. The lowest BCUT2D eigenvalue weighted by atomic mass is 10.2. The third kappa shape index (κ3) is 2.80. The van der Waals surface area contributed by atoms with Gasteiger partial charge in [0.25, 0.3) is 5.69 Å². The van der Waals surface area contributed by atoms with Gasteiger partial charge in [0.2, 0.25) is 6.41 Å². The van der Waals surface area contributed by atoms with E-state index >= 15 is 0 Å². The summed E-state index contributed by atoms with van der Waals surface area (Å²) < 4.78 is 0. The van der Waals surface area contributed by atoms with Crippen molar-refractivity contribution in [2.24, 2.45) is 0 Å². The summed E-state index contributed by atoms with van der Waals surface area (Å²) in [5.41, 5.74) is 1.34. The van der Waals surface area contributed by atoms with Gasteiger partial charge in [-0.25, -0.2) is 0 Å². The molecule has 2 aromatic rings. The Hall–Kier alpha value is -2.34. The monoisotopic (exact) mass is 288 g/mol. The van der Waals surface area contributed by atoms with E-state index in [0.29, 0.717) is 12.1 Å². The molecule has 0 aliphatic rings. The fraction of sp³-hybridized carbons (Fsp3) is 0.0714. The molecular formula is C14H12N2O3S. The van der Waals surface area contributed by atoms with Crippen LogP contribution in [-0.2, 0) is 4.79 Å². The molecule has 0 spiro atoms. The van der Waals surface area contributed by atoms with Crippen molar-refractivity contribution < 1.29 is 9.72 Å². The molecule has 0 radical (unpaired) electrons. The third-order valence-electron chi connectivity index (χ3n) is 2.79. The first-order valence-electron chi connectivity index (χ1n) is 5.79. The maximum Gasteiger partial charge on any atom is 0.269 e. The number of para-hydroxylation sites is 1. The normalized spacial score (nSPS) is 10.1. The third-order valence-corrected chi connectivity index (χ3v) is 3.57. The molecule has 0 aliphatic heterocycles. The predicted molar refractivity (Wildman–Crippen MR) is 79.5 cm³/mol. The topological polar surface area (TPSA) is 63.5 Å². The lowest BCUT2D eigenvalue weighted by molar-refractivity contribution is -0.384. The van der Waals surface area contributed by atoms with Crippen LogP contribution in [-0.4, -0.2) is 17.6 Å². The smallest absolute Gasteiger partial charge is 0.269 e. The van der Waals surface area contributed by atoms with Crippen LogP contribution < -0.4 is 4.90 Å². The minimum Gasteiger partial charge on any atom is -0.283 e. The molecular weight excluding hydrogens is 276 g/mol.